The highest BCUT2D eigenvalue weighted by atomic mass is 32.2. The van der Waals surface area contributed by atoms with Crippen molar-refractivity contribution in [1.82, 2.24) is 5.48 Å². The van der Waals surface area contributed by atoms with Crippen LogP contribution in [0.5, 0.6) is 0 Å². The third-order valence-electron chi connectivity index (χ3n) is 1.10. The third kappa shape index (κ3) is 5.02. The van der Waals surface area contributed by atoms with E-state index in [2.05, 4.69) is 4.99 Å². The first-order valence-corrected chi connectivity index (χ1v) is 4.39. The van der Waals surface area contributed by atoms with Gasteiger partial charge in [0.1, 0.15) is 6.04 Å². The molecule has 11 heavy (non-hydrogen) atoms. The Kier molecular flexibility index (Phi) is 6.24. The topological polar surface area (TPSA) is 78.8 Å². The van der Waals surface area contributed by atoms with Gasteiger partial charge in [0.15, 0.2) is 0 Å². The molecule has 3 N–H and O–H groups in total. The number of carboxylic acid groups (broad SMARTS) is 1. The Labute approximate surface area is 68.6 Å². The molecule has 0 fully saturated rings. The van der Waals surface area contributed by atoms with E-state index in [1.807, 2.05) is 11.7 Å². The fourth-order valence-electron chi connectivity index (χ4n) is 0.532. The first-order valence-electron chi connectivity index (χ1n) is 3.00. The molecule has 0 aromatic heterocycles. The number of hydrogen-bond donors (Lipinski definition) is 3. The van der Waals surface area contributed by atoms with Crippen molar-refractivity contribution < 1.29 is 20.1 Å². The van der Waals surface area contributed by atoms with E-state index in [1.165, 1.54) is 11.8 Å². The van der Waals surface area contributed by atoms with Crippen LogP contribution in [0.15, 0.2) is 0 Å². The van der Waals surface area contributed by atoms with Crippen LogP contribution in [-0.4, -0.2) is 34.4 Å². The van der Waals surface area contributed by atoms with Gasteiger partial charge in [-0.15, -0.1) is 4.99 Å². The van der Waals surface area contributed by atoms with E-state index in [1.54, 1.807) is 0 Å². The predicted octanol–water partition coefficient (Wildman–Crippen LogP) is 0.187. The average Bonchev–Trinajstić information content (AvgIpc) is 1.97. The van der Waals surface area contributed by atoms with Crippen LogP contribution in [-0.2, 0) is 9.78 Å². The van der Waals surface area contributed by atoms with E-state index in [0.29, 0.717) is 12.2 Å². The average molecular weight is 181 g/mol. The van der Waals surface area contributed by atoms with Crippen molar-refractivity contribution in [2.45, 2.75) is 12.5 Å². The normalized spacial score (nSPS) is 12.9. The number of nitrogens with one attached hydrogen (secondary N) is 1. The molecule has 66 valence electrons. The van der Waals surface area contributed by atoms with Crippen LogP contribution in [0.1, 0.15) is 6.42 Å². The lowest BCUT2D eigenvalue weighted by Gasteiger charge is -2.09. The molecule has 0 aliphatic carbocycles. The first kappa shape index (κ1) is 10.7. The Balaban J connectivity index is 3.60. The summed E-state index contributed by atoms with van der Waals surface area (Å²) in [5, 5.41) is 16.4. The standard InChI is InChI=1S/C5H11NO4S/c1-11-3-2-4(5(7)8)6-10-9/h4,6,9H,2-3H2,1H3,(H,7,8)/t4-/m0/s1. The van der Waals surface area contributed by atoms with Crippen LogP contribution in [0.25, 0.3) is 0 Å². The van der Waals surface area contributed by atoms with E-state index in [4.69, 9.17) is 10.4 Å². The first-order chi connectivity index (χ1) is 5.22. The number of rotatable bonds is 6. The number of aliphatic carboxylic acids is 1. The Morgan fingerprint density at radius 1 is 1.82 bits per heavy atom. The maximum absolute atomic E-state index is 10.3. The Bertz CT molecular complexity index is 121. The second kappa shape index (κ2) is 6.41. The number of thioether (sulfide) groups is 1. The summed E-state index contributed by atoms with van der Waals surface area (Å²) in [5.41, 5.74) is 1.96. The molecule has 0 radical (unpaired) electrons. The lowest BCUT2D eigenvalue weighted by Crippen LogP contribution is -2.36. The molecule has 0 heterocycles. The highest BCUT2D eigenvalue weighted by Crippen LogP contribution is 2.00. The van der Waals surface area contributed by atoms with Crippen molar-refractivity contribution in [3.05, 3.63) is 0 Å². The fourth-order valence-corrected chi connectivity index (χ4v) is 1.00. The number of carboxylic acids is 1. The lowest BCUT2D eigenvalue weighted by atomic mass is 10.2. The van der Waals surface area contributed by atoms with Crippen LogP contribution < -0.4 is 5.48 Å². The molecule has 0 aliphatic rings. The predicted molar refractivity (Wildman–Crippen MR) is 41.3 cm³/mol. The Hall–Kier alpha value is -0.300. The molecule has 0 unspecified atom stereocenters. The van der Waals surface area contributed by atoms with E-state index in [9.17, 15) is 4.79 Å². The quantitative estimate of drug-likeness (QED) is 0.401. The summed E-state index contributed by atoms with van der Waals surface area (Å²) in [6, 6.07) is -0.840. The fraction of sp³-hybridized carbons (Fsp3) is 0.800. The van der Waals surface area contributed by atoms with Gasteiger partial charge in [-0.3, -0.25) is 4.79 Å². The molecule has 0 spiro atoms. The molecule has 0 aromatic carbocycles. The van der Waals surface area contributed by atoms with Crippen LogP contribution >= 0.6 is 11.8 Å². The zero-order valence-electron chi connectivity index (χ0n) is 6.11. The summed E-state index contributed by atoms with van der Waals surface area (Å²) in [4.78, 5) is 13.9. The summed E-state index contributed by atoms with van der Waals surface area (Å²) in [7, 11) is 0. The van der Waals surface area contributed by atoms with Crippen LogP contribution in [0.3, 0.4) is 0 Å². The van der Waals surface area contributed by atoms with E-state index >= 15 is 0 Å². The maximum Gasteiger partial charge on any atom is 0.323 e. The highest BCUT2D eigenvalue weighted by Gasteiger charge is 2.16. The zero-order chi connectivity index (χ0) is 8.69. The molecular weight excluding hydrogens is 170 g/mol. The molecule has 0 aliphatic heterocycles. The van der Waals surface area contributed by atoms with E-state index in [0.717, 1.165) is 0 Å². The second-order valence-corrected chi connectivity index (χ2v) is 2.87. The van der Waals surface area contributed by atoms with Crippen molar-refractivity contribution in [2.24, 2.45) is 0 Å². The Morgan fingerprint density at radius 3 is 2.82 bits per heavy atom. The Morgan fingerprint density at radius 2 is 2.45 bits per heavy atom. The van der Waals surface area contributed by atoms with Gasteiger partial charge in [0, 0.05) is 0 Å². The minimum Gasteiger partial charge on any atom is -0.480 e. The van der Waals surface area contributed by atoms with E-state index in [-0.39, 0.29) is 0 Å². The minimum absolute atomic E-state index is 0.414. The molecule has 0 saturated heterocycles. The lowest BCUT2D eigenvalue weighted by molar-refractivity contribution is -0.298. The zero-order valence-corrected chi connectivity index (χ0v) is 6.93. The molecule has 0 saturated carbocycles. The minimum atomic E-state index is -1.03. The SMILES string of the molecule is CSCC[C@H](NOO)C(=O)O. The second-order valence-electron chi connectivity index (χ2n) is 1.88. The van der Waals surface area contributed by atoms with Crippen molar-refractivity contribution in [3.8, 4) is 0 Å². The molecule has 6 heteroatoms. The molecule has 0 amide bonds. The highest BCUT2D eigenvalue weighted by molar-refractivity contribution is 7.98. The summed E-state index contributed by atoms with van der Waals surface area (Å²) < 4.78 is 0. The summed E-state index contributed by atoms with van der Waals surface area (Å²) in [5.74, 6) is -0.332. The largest absolute Gasteiger partial charge is 0.480 e. The van der Waals surface area contributed by atoms with Crippen molar-refractivity contribution in [2.75, 3.05) is 12.0 Å². The number of carbonyl (C=O) groups is 1. The monoisotopic (exact) mass is 181 g/mol. The maximum atomic E-state index is 10.3. The van der Waals surface area contributed by atoms with Gasteiger partial charge in [-0.2, -0.15) is 17.2 Å². The van der Waals surface area contributed by atoms with Crippen molar-refractivity contribution in [1.29, 1.82) is 0 Å². The smallest absolute Gasteiger partial charge is 0.323 e. The van der Waals surface area contributed by atoms with Gasteiger partial charge < -0.3 is 5.11 Å². The van der Waals surface area contributed by atoms with Gasteiger partial charge in [-0.05, 0) is 18.4 Å². The van der Waals surface area contributed by atoms with Crippen LogP contribution in [0, 0.1) is 0 Å². The molecule has 0 rings (SSSR count). The van der Waals surface area contributed by atoms with Gasteiger partial charge >= 0.3 is 5.97 Å². The number of hydroxylamine groups is 1. The molecule has 0 bridgehead atoms. The van der Waals surface area contributed by atoms with Crippen LogP contribution in [0.2, 0.25) is 0 Å². The molecular formula is C5H11NO4S. The molecule has 1 atom stereocenters. The number of hydrogen-bond acceptors (Lipinski definition) is 5. The molecule has 5 nitrogen and oxygen atoms in total. The summed E-state index contributed by atoms with van der Waals surface area (Å²) in [6.45, 7) is 0. The van der Waals surface area contributed by atoms with Crippen molar-refractivity contribution >= 4 is 17.7 Å². The van der Waals surface area contributed by atoms with Gasteiger partial charge in [-0.25, -0.2) is 5.26 Å². The van der Waals surface area contributed by atoms with Gasteiger partial charge in [0.05, 0.1) is 0 Å². The van der Waals surface area contributed by atoms with Gasteiger partial charge in [-0.1, -0.05) is 0 Å². The van der Waals surface area contributed by atoms with Gasteiger partial charge in [0.25, 0.3) is 0 Å². The van der Waals surface area contributed by atoms with Gasteiger partial charge in [0.2, 0.25) is 0 Å². The van der Waals surface area contributed by atoms with E-state index < -0.39 is 12.0 Å². The van der Waals surface area contributed by atoms with Crippen molar-refractivity contribution in [3.63, 3.8) is 0 Å². The molecule has 0 aromatic rings. The third-order valence-corrected chi connectivity index (χ3v) is 1.75. The summed E-state index contributed by atoms with van der Waals surface area (Å²) in [6.07, 6.45) is 2.29. The summed E-state index contributed by atoms with van der Waals surface area (Å²) >= 11 is 1.53. The van der Waals surface area contributed by atoms with Crippen LogP contribution in [0.4, 0.5) is 0 Å².